The second kappa shape index (κ2) is 11.7. The maximum Gasteiger partial charge on any atom is 0.256 e. The third kappa shape index (κ3) is 5.37. The Morgan fingerprint density at radius 1 is 0.683 bits per heavy atom. The van der Waals surface area contributed by atoms with Crippen LogP contribution in [0.5, 0.6) is 0 Å². The average molecular weight is 556 g/mol. The molecule has 3 aliphatic rings. The van der Waals surface area contributed by atoms with Gasteiger partial charge < -0.3 is 19.3 Å². The van der Waals surface area contributed by atoms with Crippen molar-refractivity contribution in [3.63, 3.8) is 0 Å². The third-order valence-corrected chi connectivity index (χ3v) is 9.55. The molecule has 0 bridgehead atoms. The fraction of sp³-hybridized carbons (Fsp3) is 0.485. The molecule has 1 aromatic heterocycles. The SMILES string of the molecule is CC(=O)N1CCC(C(=O)N2CCC(N3CCN(C(=O)c4c(-c5ccccc5)n(C)c5ccccc45)CC3)CC2)CC1. The van der Waals surface area contributed by atoms with E-state index in [4.69, 9.17) is 0 Å². The Kier molecular flexibility index (Phi) is 7.84. The number of aromatic nitrogens is 1. The molecule has 0 N–H and O–H groups in total. The van der Waals surface area contributed by atoms with E-state index in [0.717, 1.165) is 79.6 Å². The standard InChI is InChI=1S/C33H41N5O3/c1-24(39)35-16-12-26(13-17-35)32(40)37-18-14-27(15-19-37)36-20-22-38(23-21-36)33(41)30-28-10-6-7-11-29(28)34(2)31(30)25-8-4-3-5-9-25/h3-11,26-27H,12-23H2,1-2H3. The van der Waals surface area contributed by atoms with Crippen molar-refractivity contribution in [3.8, 4) is 11.3 Å². The Hall–Kier alpha value is -3.65. The van der Waals surface area contributed by atoms with Crippen LogP contribution in [0.1, 0.15) is 43.0 Å². The number of benzene rings is 2. The Morgan fingerprint density at radius 2 is 1.29 bits per heavy atom. The van der Waals surface area contributed by atoms with Crippen LogP contribution in [0.3, 0.4) is 0 Å². The molecule has 0 spiro atoms. The monoisotopic (exact) mass is 555 g/mol. The Balaban J connectivity index is 1.07. The van der Waals surface area contributed by atoms with Gasteiger partial charge in [-0.25, -0.2) is 0 Å². The van der Waals surface area contributed by atoms with Gasteiger partial charge in [-0.1, -0.05) is 48.5 Å². The molecule has 4 heterocycles. The molecule has 8 heteroatoms. The summed E-state index contributed by atoms with van der Waals surface area (Å²) < 4.78 is 2.15. The van der Waals surface area contributed by atoms with Crippen molar-refractivity contribution in [2.75, 3.05) is 52.4 Å². The maximum atomic E-state index is 14.1. The summed E-state index contributed by atoms with van der Waals surface area (Å²) in [4.78, 5) is 47.3. The van der Waals surface area contributed by atoms with Crippen LogP contribution in [0.2, 0.25) is 0 Å². The fourth-order valence-electron chi connectivity index (χ4n) is 7.14. The maximum absolute atomic E-state index is 14.1. The third-order valence-electron chi connectivity index (χ3n) is 9.55. The summed E-state index contributed by atoms with van der Waals surface area (Å²) in [5.74, 6) is 0.529. The number of hydrogen-bond donors (Lipinski definition) is 0. The van der Waals surface area contributed by atoms with Crippen molar-refractivity contribution >= 4 is 28.6 Å². The second-order valence-electron chi connectivity index (χ2n) is 11.8. The zero-order valence-corrected chi connectivity index (χ0v) is 24.3. The first-order chi connectivity index (χ1) is 19.9. The zero-order valence-electron chi connectivity index (χ0n) is 24.3. The van der Waals surface area contributed by atoms with Crippen molar-refractivity contribution in [3.05, 3.63) is 60.2 Å². The van der Waals surface area contributed by atoms with Crippen molar-refractivity contribution in [1.29, 1.82) is 0 Å². The summed E-state index contributed by atoms with van der Waals surface area (Å²) in [5, 5.41) is 1.00. The van der Waals surface area contributed by atoms with Gasteiger partial charge in [-0.15, -0.1) is 0 Å². The largest absolute Gasteiger partial charge is 0.343 e. The molecular weight excluding hydrogens is 514 g/mol. The normalized spacial score (nSPS) is 19.6. The highest BCUT2D eigenvalue weighted by Gasteiger charge is 2.35. The van der Waals surface area contributed by atoms with E-state index in [9.17, 15) is 14.4 Å². The van der Waals surface area contributed by atoms with Gasteiger partial charge in [-0.05, 0) is 37.3 Å². The van der Waals surface area contributed by atoms with Gasteiger partial charge in [0.1, 0.15) is 0 Å². The molecule has 3 saturated heterocycles. The number of aryl methyl sites for hydroxylation is 1. The van der Waals surface area contributed by atoms with E-state index in [0.29, 0.717) is 32.2 Å². The summed E-state index contributed by atoms with van der Waals surface area (Å²) in [6.45, 7) is 7.73. The minimum Gasteiger partial charge on any atom is -0.343 e. The van der Waals surface area contributed by atoms with Gasteiger partial charge in [0.2, 0.25) is 11.8 Å². The van der Waals surface area contributed by atoms with Gasteiger partial charge in [-0.3, -0.25) is 19.3 Å². The van der Waals surface area contributed by atoms with Crippen LogP contribution in [-0.4, -0.2) is 100 Å². The fourth-order valence-corrected chi connectivity index (χ4v) is 7.14. The van der Waals surface area contributed by atoms with Crippen LogP contribution < -0.4 is 0 Å². The topological polar surface area (TPSA) is 69.1 Å². The Bertz CT molecular complexity index is 1410. The van der Waals surface area contributed by atoms with E-state index in [1.165, 1.54) is 0 Å². The molecule has 0 aliphatic carbocycles. The van der Waals surface area contributed by atoms with E-state index < -0.39 is 0 Å². The second-order valence-corrected chi connectivity index (χ2v) is 11.8. The van der Waals surface area contributed by atoms with E-state index in [2.05, 4.69) is 38.6 Å². The quantitative estimate of drug-likeness (QED) is 0.491. The Labute approximate surface area is 242 Å². The highest BCUT2D eigenvalue weighted by molar-refractivity contribution is 6.12. The van der Waals surface area contributed by atoms with E-state index in [1.807, 2.05) is 47.2 Å². The lowest BCUT2D eigenvalue weighted by Gasteiger charge is -2.43. The molecule has 6 rings (SSSR count). The summed E-state index contributed by atoms with van der Waals surface area (Å²) in [6.07, 6.45) is 3.51. The molecule has 0 unspecified atom stereocenters. The van der Waals surface area contributed by atoms with Gasteiger partial charge in [0.05, 0.1) is 11.3 Å². The molecule has 0 saturated carbocycles. The summed E-state index contributed by atoms with van der Waals surface area (Å²) in [7, 11) is 2.05. The number of piperazine rings is 1. The number of piperidine rings is 2. The van der Waals surface area contributed by atoms with Gasteiger partial charge in [-0.2, -0.15) is 0 Å². The van der Waals surface area contributed by atoms with Gasteiger partial charge >= 0.3 is 0 Å². The molecule has 3 aliphatic heterocycles. The molecule has 2 aromatic carbocycles. The van der Waals surface area contributed by atoms with Gasteiger partial charge in [0.15, 0.2) is 0 Å². The molecule has 8 nitrogen and oxygen atoms in total. The zero-order chi connectivity index (χ0) is 28.5. The number of fused-ring (bicyclic) bond motifs is 1. The molecule has 3 fully saturated rings. The van der Waals surface area contributed by atoms with Crippen molar-refractivity contribution in [2.45, 2.75) is 38.6 Å². The van der Waals surface area contributed by atoms with Crippen LogP contribution in [0, 0.1) is 5.92 Å². The number of carbonyl (C=O) groups excluding carboxylic acids is 3. The number of hydrogen-bond acceptors (Lipinski definition) is 4. The molecule has 216 valence electrons. The molecule has 3 aromatic rings. The van der Waals surface area contributed by atoms with Gasteiger partial charge in [0, 0.05) is 89.2 Å². The summed E-state index contributed by atoms with van der Waals surface area (Å²) in [5.41, 5.74) is 3.89. The predicted molar refractivity (Wildman–Crippen MR) is 160 cm³/mol. The van der Waals surface area contributed by atoms with Crippen LogP contribution >= 0.6 is 0 Å². The minimum atomic E-state index is 0.0477. The number of nitrogens with zero attached hydrogens (tertiary/aromatic N) is 5. The summed E-state index contributed by atoms with van der Waals surface area (Å²) >= 11 is 0. The first-order valence-corrected chi connectivity index (χ1v) is 15.1. The molecule has 0 radical (unpaired) electrons. The number of rotatable bonds is 4. The first kappa shape index (κ1) is 27.5. The van der Waals surface area contributed by atoms with Crippen LogP contribution in [0.15, 0.2) is 54.6 Å². The highest BCUT2D eigenvalue weighted by Crippen LogP contribution is 2.34. The minimum absolute atomic E-state index is 0.0477. The van der Waals surface area contributed by atoms with Crippen molar-refractivity contribution < 1.29 is 14.4 Å². The Morgan fingerprint density at radius 3 is 1.95 bits per heavy atom. The van der Waals surface area contributed by atoms with E-state index in [-0.39, 0.29) is 23.6 Å². The van der Waals surface area contributed by atoms with Gasteiger partial charge in [0.25, 0.3) is 5.91 Å². The van der Waals surface area contributed by atoms with E-state index in [1.54, 1.807) is 6.92 Å². The highest BCUT2D eigenvalue weighted by atomic mass is 16.2. The predicted octanol–water partition coefficient (Wildman–Crippen LogP) is 3.85. The molecule has 3 amide bonds. The van der Waals surface area contributed by atoms with Crippen molar-refractivity contribution in [1.82, 2.24) is 24.2 Å². The van der Waals surface area contributed by atoms with Crippen LogP contribution in [0.4, 0.5) is 0 Å². The lowest BCUT2D eigenvalue weighted by Crippen LogP contribution is -2.55. The lowest BCUT2D eigenvalue weighted by atomic mass is 9.93. The van der Waals surface area contributed by atoms with Crippen LogP contribution in [0.25, 0.3) is 22.2 Å². The smallest absolute Gasteiger partial charge is 0.256 e. The number of likely N-dealkylation sites (tertiary alicyclic amines) is 2. The average Bonchev–Trinajstić information content (AvgIpc) is 3.33. The molecular formula is C33H41N5O3. The first-order valence-electron chi connectivity index (χ1n) is 15.1. The lowest BCUT2D eigenvalue weighted by molar-refractivity contribution is -0.141. The van der Waals surface area contributed by atoms with Crippen LogP contribution in [-0.2, 0) is 16.6 Å². The number of amides is 3. The van der Waals surface area contributed by atoms with E-state index >= 15 is 0 Å². The molecule has 0 atom stereocenters. The summed E-state index contributed by atoms with van der Waals surface area (Å²) in [6, 6.07) is 18.9. The number of carbonyl (C=O) groups is 3. The van der Waals surface area contributed by atoms with Crippen molar-refractivity contribution in [2.24, 2.45) is 13.0 Å². The number of para-hydroxylation sites is 1. The molecule has 41 heavy (non-hydrogen) atoms.